The molecule has 0 radical (unpaired) electrons. The van der Waals surface area contributed by atoms with E-state index in [9.17, 15) is 0 Å². The molecule has 3 rings (SSSR count). The maximum Gasteiger partial charge on any atom is 0.141 e. The first-order chi connectivity index (χ1) is 10.2. The van der Waals surface area contributed by atoms with Crippen molar-refractivity contribution in [2.45, 2.75) is 27.2 Å². The van der Waals surface area contributed by atoms with Gasteiger partial charge in [0.15, 0.2) is 0 Å². The Morgan fingerprint density at radius 1 is 1.00 bits per heavy atom. The second kappa shape index (κ2) is 5.52. The van der Waals surface area contributed by atoms with Gasteiger partial charge in [-0.05, 0) is 55.2 Å². The van der Waals surface area contributed by atoms with Crippen molar-refractivity contribution in [3.63, 3.8) is 0 Å². The Morgan fingerprint density at radius 3 is 2.48 bits per heavy atom. The van der Waals surface area contributed by atoms with Crippen LogP contribution in [0.15, 0.2) is 42.7 Å². The largest absolute Gasteiger partial charge is 0.340 e. The summed E-state index contributed by atoms with van der Waals surface area (Å²) in [6.45, 7) is 6.50. The lowest BCUT2D eigenvalue weighted by atomic mass is 9.97. The first kappa shape index (κ1) is 13.6. The molecular weight excluding hydrogens is 258 g/mol. The Balaban J connectivity index is 2.18. The van der Waals surface area contributed by atoms with Crippen LogP contribution in [-0.2, 0) is 6.42 Å². The summed E-state index contributed by atoms with van der Waals surface area (Å²) in [5.74, 6) is 0.870. The van der Waals surface area contributed by atoms with Crippen LogP contribution in [0.5, 0.6) is 0 Å². The first-order valence-corrected chi connectivity index (χ1v) is 7.26. The van der Waals surface area contributed by atoms with Gasteiger partial charge in [-0.15, -0.1) is 0 Å². The molecule has 0 amide bonds. The van der Waals surface area contributed by atoms with Gasteiger partial charge in [-0.25, -0.2) is 9.97 Å². The molecule has 0 bridgehead atoms. The Labute approximate surface area is 125 Å². The van der Waals surface area contributed by atoms with E-state index in [0.29, 0.717) is 0 Å². The van der Waals surface area contributed by atoms with Crippen molar-refractivity contribution in [2.75, 3.05) is 5.32 Å². The number of hydrogen-bond acceptors (Lipinski definition) is 3. The third-order valence-electron chi connectivity index (χ3n) is 4.02. The quantitative estimate of drug-likeness (QED) is 0.763. The predicted molar refractivity (Wildman–Crippen MR) is 88.1 cm³/mol. The Morgan fingerprint density at radius 2 is 1.76 bits per heavy atom. The summed E-state index contributed by atoms with van der Waals surface area (Å²) in [7, 11) is 0. The van der Waals surface area contributed by atoms with Gasteiger partial charge in [0.1, 0.15) is 12.1 Å². The van der Waals surface area contributed by atoms with Crippen molar-refractivity contribution in [2.24, 2.45) is 0 Å². The van der Waals surface area contributed by atoms with Crippen molar-refractivity contribution >= 4 is 22.4 Å². The van der Waals surface area contributed by atoms with Crippen LogP contribution in [0.25, 0.3) is 10.9 Å². The van der Waals surface area contributed by atoms with Crippen LogP contribution in [-0.4, -0.2) is 9.97 Å². The highest BCUT2D eigenvalue weighted by molar-refractivity contribution is 5.94. The van der Waals surface area contributed by atoms with Gasteiger partial charge in [0, 0.05) is 11.1 Å². The molecule has 3 nitrogen and oxygen atoms in total. The molecule has 21 heavy (non-hydrogen) atoms. The second-order valence-electron chi connectivity index (χ2n) is 5.25. The number of hydrogen-bond donors (Lipinski definition) is 1. The van der Waals surface area contributed by atoms with Gasteiger partial charge in [0.05, 0.1) is 5.52 Å². The molecule has 3 aromatic rings. The summed E-state index contributed by atoms with van der Waals surface area (Å²) in [5.41, 5.74) is 5.97. The fourth-order valence-corrected chi connectivity index (χ4v) is 2.70. The standard InChI is InChI=1S/C18H19N3/c1-4-14-10-16-17(13(3)12(14)2)18(20-11-19-16)21-15-8-6-5-7-9-15/h5-11H,4H2,1-3H3,(H,19,20,21). The van der Waals surface area contributed by atoms with Crippen LogP contribution in [0.1, 0.15) is 23.6 Å². The number of aryl methyl sites for hydroxylation is 2. The number of aromatic nitrogens is 2. The van der Waals surface area contributed by atoms with Crippen molar-refractivity contribution < 1.29 is 0 Å². The highest BCUT2D eigenvalue weighted by Gasteiger charge is 2.11. The number of nitrogens with zero attached hydrogens (tertiary/aromatic N) is 2. The zero-order valence-corrected chi connectivity index (χ0v) is 12.6. The van der Waals surface area contributed by atoms with Crippen LogP contribution in [0, 0.1) is 13.8 Å². The van der Waals surface area contributed by atoms with E-state index in [0.717, 1.165) is 28.8 Å². The summed E-state index contributed by atoms with van der Waals surface area (Å²) < 4.78 is 0. The van der Waals surface area contributed by atoms with Crippen molar-refractivity contribution in [3.8, 4) is 0 Å². The fourth-order valence-electron chi connectivity index (χ4n) is 2.70. The molecule has 1 heterocycles. The number of benzene rings is 2. The molecule has 106 valence electrons. The fraction of sp³-hybridized carbons (Fsp3) is 0.222. The molecule has 2 aromatic carbocycles. The van der Waals surface area contributed by atoms with Crippen LogP contribution in [0.3, 0.4) is 0 Å². The molecule has 0 fully saturated rings. The van der Waals surface area contributed by atoms with Gasteiger partial charge in [-0.2, -0.15) is 0 Å². The number of anilines is 2. The Bertz CT molecular complexity index is 779. The summed E-state index contributed by atoms with van der Waals surface area (Å²) in [4.78, 5) is 8.88. The molecule has 0 aliphatic heterocycles. The lowest BCUT2D eigenvalue weighted by Crippen LogP contribution is -2.00. The van der Waals surface area contributed by atoms with E-state index in [2.05, 4.69) is 42.1 Å². The first-order valence-electron chi connectivity index (χ1n) is 7.26. The molecule has 1 N–H and O–H groups in total. The highest BCUT2D eigenvalue weighted by atomic mass is 15.0. The monoisotopic (exact) mass is 277 g/mol. The summed E-state index contributed by atoms with van der Waals surface area (Å²) >= 11 is 0. The average Bonchev–Trinajstić information content (AvgIpc) is 2.52. The summed E-state index contributed by atoms with van der Waals surface area (Å²) in [5, 5.41) is 4.51. The lowest BCUT2D eigenvalue weighted by molar-refractivity contribution is 1.09. The number of nitrogens with one attached hydrogen (secondary N) is 1. The highest BCUT2D eigenvalue weighted by Crippen LogP contribution is 2.30. The van der Waals surface area contributed by atoms with E-state index in [1.165, 1.54) is 16.7 Å². The van der Waals surface area contributed by atoms with Gasteiger partial charge < -0.3 is 5.32 Å². The van der Waals surface area contributed by atoms with E-state index in [1.807, 2.05) is 30.3 Å². The molecule has 0 aliphatic carbocycles. The van der Waals surface area contributed by atoms with E-state index in [1.54, 1.807) is 6.33 Å². The Hall–Kier alpha value is -2.42. The molecule has 0 spiro atoms. The topological polar surface area (TPSA) is 37.8 Å². The predicted octanol–water partition coefficient (Wildman–Crippen LogP) is 4.55. The van der Waals surface area contributed by atoms with Gasteiger partial charge in [0.2, 0.25) is 0 Å². The van der Waals surface area contributed by atoms with Crippen molar-refractivity contribution in [3.05, 3.63) is 59.4 Å². The molecule has 0 saturated carbocycles. The minimum absolute atomic E-state index is 0.870. The van der Waals surface area contributed by atoms with Gasteiger partial charge >= 0.3 is 0 Å². The zero-order valence-electron chi connectivity index (χ0n) is 12.6. The maximum atomic E-state index is 4.44. The van der Waals surface area contributed by atoms with Crippen LogP contribution in [0.4, 0.5) is 11.5 Å². The number of fused-ring (bicyclic) bond motifs is 1. The van der Waals surface area contributed by atoms with Crippen molar-refractivity contribution in [1.29, 1.82) is 0 Å². The molecule has 0 unspecified atom stereocenters. The minimum Gasteiger partial charge on any atom is -0.340 e. The van der Waals surface area contributed by atoms with Crippen LogP contribution >= 0.6 is 0 Å². The van der Waals surface area contributed by atoms with Gasteiger partial charge in [-0.1, -0.05) is 25.1 Å². The van der Waals surface area contributed by atoms with Gasteiger partial charge in [0.25, 0.3) is 0 Å². The third-order valence-corrected chi connectivity index (χ3v) is 4.02. The third kappa shape index (κ3) is 2.47. The van der Waals surface area contributed by atoms with E-state index in [-0.39, 0.29) is 0 Å². The zero-order chi connectivity index (χ0) is 14.8. The van der Waals surface area contributed by atoms with E-state index in [4.69, 9.17) is 0 Å². The lowest BCUT2D eigenvalue weighted by Gasteiger charge is -2.14. The average molecular weight is 277 g/mol. The van der Waals surface area contributed by atoms with Gasteiger partial charge in [-0.3, -0.25) is 0 Å². The van der Waals surface area contributed by atoms with Crippen molar-refractivity contribution in [1.82, 2.24) is 9.97 Å². The smallest absolute Gasteiger partial charge is 0.141 e. The molecule has 1 aromatic heterocycles. The summed E-state index contributed by atoms with van der Waals surface area (Å²) in [6, 6.07) is 12.3. The molecule has 0 atom stereocenters. The van der Waals surface area contributed by atoms with Crippen LogP contribution in [0.2, 0.25) is 0 Å². The normalized spacial score (nSPS) is 10.8. The minimum atomic E-state index is 0.870. The molecular formula is C18H19N3. The Kier molecular flexibility index (Phi) is 3.57. The molecule has 0 saturated heterocycles. The molecule has 3 heteroatoms. The number of rotatable bonds is 3. The SMILES string of the molecule is CCc1cc2ncnc(Nc3ccccc3)c2c(C)c1C. The molecule has 0 aliphatic rings. The number of para-hydroxylation sites is 1. The maximum absolute atomic E-state index is 4.44. The van der Waals surface area contributed by atoms with E-state index < -0.39 is 0 Å². The van der Waals surface area contributed by atoms with E-state index >= 15 is 0 Å². The summed E-state index contributed by atoms with van der Waals surface area (Å²) in [6.07, 6.45) is 2.65. The van der Waals surface area contributed by atoms with Crippen LogP contribution < -0.4 is 5.32 Å². The second-order valence-corrected chi connectivity index (χ2v) is 5.25.